The smallest absolute Gasteiger partial charge is 0.493 e. The number of hydrogen-bond acceptors (Lipinski definition) is 6. The van der Waals surface area contributed by atoms with Gasteiger partial charge in [-0.05, 0) is 37.1 Å². The van der Waals surface area contributed by atoms with Crippen LogP contribution < -0.4 is 20.3 Å². The van der Waals surface area contributed by atoms with Crippen molar-refractivity contribution in [2.75, 3.05) is 20.3 Å². The van der Waals surface area contributed by atoms with Gasteiger partial charge in [-0.25, -0.2) is 4.99 Å². The molecule has 7 nitrogen and oxygen atoms in total. The summed E-state index contributed by atoms with van der Waals surface area (Å²) in [5, 5.41) is 3.42. The number of amides is 1. The van der Waals surface area contributed by atoms with Crippen LogP contribution in [0.2, 0.25) is 0 Å². The van der Waals surface area contributed by atoms with Crippen molar-refractivity contribution in [3.63, 3.8) is 0 Å². The van der Waals surface area contributed by atoms with Crippen LogP contribution in [0, 0.1) is 0 Å². The van der Waals surface area contributed by atoms with Gasteiger partial charge in [-0.15, -0.1) is 13.2 Å². The lowest BCUT2D eigenvalue weighted by Crippen LogP contribution is -2.34. The Labute approximate surface area is 186 Å². The van der Waals surface area contributed by atoms with Crippen molar-refractivity contribution in [2.24, 2.45) is 4.99 Å². The maximum atomic E-state index is 13.0. The zero-order valence-electron chi connectivity index (χ0n) is 17.6. The number of halogens is 3. The molecular weight excluding hydrogens is 441 g/mol. The van der Waals surface area contributed by atoms with Crippen LogP contribution in [0.3, 0.4) is 0 Å². The molecule has 1 saturated heterocycles. The summed E-state index contributed by atoms with van der Waals surface area (Å²) in [6.45, 7) is 0.978. The molecular formula is C23H21F3N2O5. The second-order valence-electron chi connectivity index (χ2n) is 7.35. The monoisotopic (exact) mass is 462 g/mol. The molecule has 4 rings (SSSR count). The van der Waals surface area contributed by atoms with Crippen molar-refractivity contribution < 1.29 is 36.6 Å². The first kappa shape index (κ1) is 22.7. The molecule has 0 bridgehead atoms. The van der Waals surface area contributed by atoms with E-state index >= 15 is 0 Å². The number of methoxy groups -OCH3 is 1. The molecule has 33 heavy (non-hydrogen) atoms. The summed E-state index contributed by atoms with van der Waals surface area (Å²) in [6, 6.07) is 11.9. The summed E-state index contributed by atoms with van der Waals surface area (Å²) < 4.78 is 58.5. The predicted molar refractivity (Wildman–Crippen MR) is 112 cm³/mol. The average Bonchev–Trinajstić information content (AvgIpc) is 3.29. The maximum Gasteiger partial charge on any atom is 0.573 e. The lowest BCUT2D eigenvalue weighted by atomic mass is 10.1. The molecule has 1 amide bonds. The molecule has 0 aliphatic carbocycles. The van der Waals surface area contributed by atoms with Gasteiger partial charge in [0, 0.05) is 24.6 Å². The van der Waals surface area contributed by atoms with E-state index in [1.54, 1.807) is 24.3 Å². The van der Waals surface area contributed by atoms with Crippen molar-refractivity contribution in [3.05, 3.63) is 59.6 Å². The molecule has 0 unspecified atom stereocenters. The van der Waals surface area contributed by atoms with Crippen LogP contribution in [0.4, 0.5) is 18.9 Å². The minimum absolute atomic E-state index is 0.0666. The SMILES string of the molecule is COc1cccc2cc(C(=O)NC[C@H]3CCCO3)c(=Nc3cccc(OC(F)(F)F)c3)oc12. The molecule has 1 fully saturated rings. The first-order valence-electron chi connectivity index (χ1n) is 10.2. The van der Waals surface area contributed by atoms with Gasteiger partial charge in [-0.2, -0.15) is 0 Å². The summed E-state index contributed by atoms with van der Waals surface area (Å²) in [7, 11) is 1.47. The van der Waals surface area contributed by atoms with E-state index in [0.717, 1.165) is 25.0 Å². The zero-order valence-corrected chi connectivity index (χ0v) is 17.6. The highest BCUT2D eigenvalue weighted by atomic mass is 19.4. The highest BCUT2D eigenvalue weighted by Gasteiger charge is 2.31. The summed E-state index contributed by atoms with van der Waals surface area (Å²) >= 11 is 0. The molecule has 2 heterocycles. The minimum Gasteiger partial charge on any atom is -0.493 e. The molecule has 3 aromatic rings. The third-order valence-corrected chi connectivity index (χ3v) is 5.00. The predicted octanol–water partition coefficient (Wildman–Crippen LogP) is 4.48. The zero-order chi connectivity index (χ0) is 23.4. The Hall–Kier alpha value is -3.53. The Morgan fingerprint density at radius 2 is 2.03 bits per heavy atom. The topological polar surface area (TPSA) is 82.3 Å². The van der Waals surface area contributed by atoms with Crippen LogP contribution >= 0.6 is 0 Å². The number of ether oxygens (including phenoxy) is 3. The van der Waals surface area contributed by atoms with Crippen LogP contribution in [0.1, 0.15) is 23.2 Å². The number of hydrogen-bond donors (Lipinski definition) is 1. The summed E-state index contributed by atoms with van der Waals surface area (Å²) in [6.07, 6.45) is -3.12. The number of carbonyl (C=O) groups excluding carboxylic acids is 1. The van der Waals surface area contributed by atoms with Gasteiger partial charge in [-0.1, -0.05) is 18.2 Å². The van der Waals surface area contributed by atoms with Crippen molar-refractivity contribution in [3.8, 4) is 11.5 Å². The van der Waals surface area contributed by atoms with E-state index in [1.165, 1.54) is 19.2 Å². The van der Waals surface area contributed by atoms with Crippen molar-refractivity contribution in [2.45, 2.75) is 25.3 Å². The summed E-state index contributed by atoms with van der Waals surface area (Å²) in [4.78, 5) is 17.3. The number of fused-ring (bicyclic) bond motifs is 1. The number of alkyl halides is 3. The largest absolute Gasteiger partial charge is 0.573 e. The van der Waals surface area contributed by atoms with Crippen LogP contribution in [0.5, 0.6) is 11.5 Å². The fourth-order valence-electron chi connectivity index (χ4n) is 3.51. The van der Waals surface area contributed by atoms with Gasteiger partial charge >= 0.3 is 6.36 Å². The molecule has 0 saturated carbocycles. The molecule has 1 aromatic heterocycles. The van der Waals surface area contributed by atoms with E-state index in [2.05, 4.69) is 15.0 Å². The van der Waals surface area contributed by atoms with Crippen LogP contribution in [0.25, 0.3) is 11.0 Å². The van der Waals surface area contributed by atoms with Gasteiger partial charge in [0.05, 0.1) is 18.9 Å². The number of nitrogens with zero attached hydrogens (tertiary/aromatic N) is 1. The first-order chi connectivity index (χ1) is 15.8. The van der Waals surface area contributed by atoms with Crippen molar-refractivity contribution in [1.29, 1.82) is 0 Å². The van der Waals surface area contributed by atoms with Gasteiger partial charge in [0.15, 0.2) is 11.3 Å². The van der Waals surface area contributed by atoms with Gasteiger partial charge in [0.2, 0.25) is 5.55 Å². The molecule has 0 spiro atoms. The number of rotatable bonds is 6. The van der Waals surface area contributed by atoms with Crippen molar-refractivity contribution in [1.82, 2.24) is 5.32 Å². The standard InChI is InChI=1S/C23H21F3N2O5/c1-30-19-9-2-5-14-11-18(21(29)27-13-17-8-4-10-31-17)22(32-20(14)19)28-15-6-3-7-16(12-15)33-23(24,25)26/h2-3,5-7,9,11-12,17H,4,8,10,13H2,1H3,(H,27,29)/t17-/m1/s1. The van der Waals surface area contributed by atoms with Crippen LogP contribution in [-0.4, -0.2) is 38.6 Å². The first-order valence-corrected chi connectivity index (χ1v) is 10.2. The number of carbonyl (C=O) groups is 1. The van der Waals surface area contributed by atoms with Gasteiger partial charge in [-0.3, -0.25) is 4.79 Å². The second kappa shape index (κ2) is 9.53. The minimum atomic E-state index is -4.84. The van der Waals surface area contributed by atoms with Crippen LogP contribution in [-0.2, 0) is 4.74 Å². The molecule has 174 valence electrons. The van der Waals surface area contributed by atoms with E-state index in [9.17, 15) is 18.0 Å². The fourth-order valence-corrected chi connectivity index (χ4v) is 3.51. The molecule has 1 aliphatic heterocycles. The van der Waals surface area contributed by atoms with Gasteiger partial charge < -0.3 is 23.9 Å². The molecule has 2 aromatic carbocycles. The summed E-state index contributed by atoms with van der Waals surface area (Å²) in [5.74, 6) is -0.462. The van der Waals surface area contributed by atoms with Gasteiger partial charge in [0.1, 0.15) is 11.3 Å². The molecule has 1 N–H and O–H groups in total. The van der Waals surface area contributed by atoms with Crippen LogP contribution in [0.15, 0.2) is 57.9 Å². The normalized spacial score (nSPS) is 16.7. The average molecular weight is 462 g/mol. The van der Waals surface area contributed by atoms with Gasteiger partial charge in [0.25, 0.3) is 5.91 Å². The highest BCUT2D eigenvalue weighted by Crippen LogP contribution is 2.27. The van der Waals surface area contributed by atoms with E-state index in [4.69, 9.17) is 13.9 Å². The van der Waals surface area contributed by atoms with E-state index in [1.807, 2.05) is 0 Å². The van der Waals surface area contributed by atoms with E-state index < -0.39 is 18.0 Å². The molecule has 10 heteroatoms. The lowest BCUT2D eigenvalue weighted by molar-refractivity contribution is -0.274. The Kier molecular flexibility index (Phi) is 6.55. The Morgan fingerprint density at radius 1 is 1.21 bits per heavy atom. The fraction of sp³-hybridized carbons (Fsp3) is 0.304. The quantitative estimate of drug-likeness (QED) is 0.584. The number of benzene rings is 2. The van der Waals surface area contributed by atoms with E-state index in [0.29, 0.717) is 29.9 Å². The Bertz CT molecular complexity index is 1220. The number of nitrogens with one attached hydrogen (secondary N) is 1. The van der Waals surface area contributed by atoms with Crippen molar-refractivity contribution >= 4 is 22.6 Å². The maximum absolute atomic E-state index is 13.0. The lowest BCUT2D eigenvalue weighted by Gasteiger charge is -2.12. The summed E-state index contributed by atoms with van der Waals surface area (Å²) in [5.41, 5.74) is 0.497. The third kappa shape index (κ3) is 5.64. The third-order valence-electron chi connectivity index (χ3n) is 5.00. The Balaban J connectivity index is 1.76. The number of para-hydroxylation sites is 1. The molecule has 0 radical (unpaired) electrons. The highest BCUT2D eigenvalue weighted by molar-refractivity contribution is 5.97. The molecule has 1 aliphatic rings. The second-order valence-corrected chi connectivity index (χ2v) is 7.35. The molecule has 1 atom stereocenters. The Morgan fingerprint density at radius 3 is 2.76 bits per heavy atom. The van der Waals surface area contributed by atoms with E-state index in [-0.39, 0.29) is 22.9 Å².